The van der Waals surface area contributed by atoms with Gasteiger partial charge in [0.15, 0.2) is 0 Å². The number of nitrogens with one attached hydrogen (secondary N) is 9. The van der Waals surface area contributed by atoms with E-state index in [0.717, 1.165) is 36.8 Å². The lowest BCUT2D eigenvalue weighted by atomic mass is 9.85. The molecular weight excluding hydrogens is 929 g/mol. The van der Waals surface area contributed by atoms with Gasteiger partial charge in [0, 0.05) is 6.42 Å². The molecule has 22 heteroatoms. The smallest absolute Gasteiger partial charge is 0.243 e. The summed E-state index contributed by atoms with van der Waals surface area (Å²) in [5, 5.41) is 22.5. The van der Waals surface area contributed by atoms with Gasteiger partial charge in [-0.15, -0.1) is 0 Å². The van der Waals surface area contributed by atoms with Crippen LogP contribution in [0.25, 0.3) is 11.1 Å². The van der Waals surface area contributed by atoms with Crippen LogP contribution in [0.3, 0.4) is 0 Å². The largest absolute Gasteiger partial charge is 0.368 e. The van der Waals surface area contributed by atoms with Crippen LogP contribution in [0.5, 0.6) is 0 Å². The van der Waals surface area contributed by atoms with Crippen LogP contribution in [-0.2, 0) is 54.4 Å². The Hall–Kier alpha value is -6.94. The van der Waals surface area contributed by atoms with Crippen LogP contribution in [-0.4, -0.2) is 129 Å². The van der Waals surface area contributed by atoms with Gasteiger partial charge in [0.1, 0.15) is 24.2 Å². The van der Waals surface area contributed by atoms with Crippen molar-refractivity contribution in [1.29, 1.82) is 0 Å². The molecule has 1 aliphatic rings. The highest BCUT2D eigenvalue weighted by Gasteiger charge is 2.31. The van der Waals surface area contributed by atoms with Gasteiger partial charge in [-0.2, -0.15) is 0 Å². The summed E-state index contributed by atoms with van der Waals surface area (Å²) in [7, 11) is 0. The predicted octanol–water partition coefficient (Wildman–Crippen LogP) is -1.36. The SMILES string of the molecule is CCC(C)C(NC(=O)CNC(=O)C(N)CC1CCCCC1)C(=O)NCC(=O)NCC(=O)NCC(=O)N[C@@H](CCN)C(=O)N[C@H](CC(C)C)C(=O)N[C@@H](Cc1ccc(-c2ccccc2)cc1)C(=O)NCC(N)=O. The maximum absolute atomic E-state index is 13.8. The van der Waals surface area contributed by atoms with E-state index in [9.17, 15) is 47.9 Å². The zero-order valence-corrected chi connectivity index (χ0v) is 41.9. The summed E-state index contributed by atoms with van der Waals surface area (Å²) in [6, 6.07) is 11.7. The van der Waals surface area contributed by atoms with E-state index in [1.165, 1.54) is 6.42 Å². The lowest BCUT2D eigenvalue weighted by Crippen LogP contribution is -2.58. The standard InChI is InChI=1S/C50H76N12O10/c1-5-31(4)45(62-44(67)29-57-46(68)36(52)23-32-12-8-6-9-13-32)50(72)58-27-42(65)54-26-41(64)55-28-43(66)59-37(20-21-51)48(70)60-38(22-30(2)3)49(71)61-39(47(69)56-25-40(53)63)24-33-16-18-35(19-17-33)34-14-10-7-11-15-34/h7,10-11,14-19,30-32,36-39,45H,5-6,8-9,12-13,20-29,51-52H2,1-4H3,(H2,53,63)(H,54,65)(H,55,64)(H,56,69)(H,57,68)(H,58,72)(H,59,66)(H,60,70)(H,61,71)(H,62,67)/t31?,36?,37-,38+,39-,45?/m0/s1. The minimum absolute atomic E-state index is 0.0338. The molecule has 2 aromatic rings. The number of amides is 10. The third-order valence-corrected chi connectivity index (χ3v) is 12.2. The average Bonchev–Trinajstić information content (AvgIpc) is 3.36. The van der Waals surface area contributed by atoms with Crippen LogP contribution < -0.4 is 65.1 Å². The van der Waals surface area contributed by atoms with Gasteiger partial charge in [-0.05, 0) is 60.3 Å². The molecule has 0 aliphatic heterocycles. The normalized spacial score (nSPS) is 14.9. The monoisotopic (exact) mass is 1000 g/mol. The summed E-state index contributed by atoms with van der Waals surface area (Å²) in [5.74, 6) is -7.03. The van der Waals surface area contributed by atoms with Crippen LogP contribution in [0.4, 0.5) is 0 Å². The molecule has 396 valence electrons. The maximum Gasteiger partial charge on any atom is 0.243 e. The van der Waals surface area contributed by atoms with Crippen molar-refractivity contribution >= 4 is 59.1 Å². The lowest BCUT2D eigenvalue weighted by Gasteiger charge is -2.26. The molecule has 1 aliphatic carbocycles. The van der Waals surface area contributed by atoms with Crippen molar-refractivity contribution in [3.8, 4) is 11.1 Å². The molecule has 1 saturated carbocycles. The Morgan fingerprint density at radius 3 is 1.69 bits per heavy atom. The van der Waals surface area contributed by atoms with Gasteiger partial charge < -0.3 is 65.1 Å². The molecule has 0 heterocycles. The van der Waals surface area contributed by atoms with Gasteiger partial charge in [-0.1, -0.05) is 121 Å². The zero-order chi connectivity index (χ0) is 53.2. The van der Waals surface area contributed by atoms with E-state index in [2.05, 4.69) is 47.9 Å². The number of rotatable bonds is 30. The number of nitrogens with two attached hydrogens (primary N) is 3. The summed E-state index contributed by atoms with van der Waals surface area (Å²) in [5.41, 5.74) is 19.7. The minimum Gasteiger partial charge on any atom is -0.368 e. The summed E-state index contributed by atoms with van der Waals surface area (Å²) in [4.78, 5) is 129. The Bertz CT molecular complexity index is 2140. The Labute approximate surface area is 421 Å². The van der Waals surface area contributed by atoms with Crippen molar-refractivity contribution in [1.82, 2.24) is 47.9 Å². The van der Waals surface area contributed by atoms with E-state index in [4.69, 9.17) is 17.2 Å². The van der Waals surface area contributed by atoms with Gasteiger partial charge in [-0.3, -0.25) is 47.9 Å². The number of hydrogen-bond acceptors (Lipinski definition) is 12. The number of carbonyl (C=O) groups excluding carboxylic acids is 10. The fourth-order valence-corrected chi connectivity index (χ4v) is 8.01. The second-order valence-electron chi connectivity index (χ2n) is 18.7. The van der Waals surface area contributed by atoms with Gasteiger partial charge in [0.2, 0.25) is 59.1 Å². The summed E-state index contributed by atoms with van der Waals surface area (Å²) in [6.45, 7) is 4.59. The van der Waals surface area contributed by atoms with E-state index in [-0.39, 0.29) is 44.2 Å². The van der Waals surface area contributed by atoms with Crippen molar-refractivity contribution in [2.75, 3.05) is 39.3 Å². The van der Waals surface area contributed by atoms with Crippen molar-refractivity contribution in [3.05, 3.63) is 60.2 Å². The quantitative estimate of drug-likeness (QED) is 0.0432. The van der Waals surface area contributed by atoms with Gasteiger partial charge >= 0.3 is 0 Å². The molecule has 3 rings (SSSR count). The van der Waals surface area contributed by atoms with E-state index in [1.807, 2.05) is 75.4 Å². The number of hydrogen-bond donors (Lipinski definition) is 12. The van der Waals surface area contributed by atoms with Crippen molar-refractivity contribution in [3.63, 3.8) is 0 Å². The fourth-order valence-electron chi connectivity index (χ4n) is 8.01. The van der Waals surface area contributed by atoms with Crippen LogP contribution in [0.1, 0.15) is 91.0 Å². The Morgan fingerprint density at radius 2 is 1.10 bits per heavy atom. The third kappa shape index (κ3) is 22.0. The van der Waals surface area contributed by atoms with Crippen LogP contribution in [0.15, 0.2) is 54.6 Å². The maximum atomic E-state index is 13.8. The molecule has 72 heavy (non-hydrogen) atoms. The molecule has 0 aromatic heterocycles. The van der Waals surface area contributed by atoms with Crippen LogP contribution in [0.2, 0.25) is 0 Å². The molecule has 2 aromatic carbocycles. The van der Waals surface area contributed by atoms with Crippen molar-refractivity contribution in [2.24, 2.45) is 35.0 Å². The highest BCUT2D eigenvalue weighted by Crippen LogP contribution is 2.27. The molecule has 1 fully saturated rings. The number of primary amides is 1. The van der Waals surface area contributed by atoms with Gasteiger partial charge in [-0.25, -0.2) is 0 Å². The molecular formula is C50H76N12O10. The minimum atomic E-state index is -1.24. The van der Waals surface area contributed by atoms with E-state index < -0.39 is 115 Å². The first-order chi connectivity index (χ1) is 34.3. The Kier molecular flexibility index (Phi) is 25.9. The van der Waals surface area contributed by atoms with Crippen molar-refractivity contribution < 1.29 is 47.9 Å². The van der Waals surface area contributed by atoms with E-state index >= 15 is 0 Å². The number of benzene rings is 2. The van der Waals surface area contributed by atoms with Crippen molar-refractivity contribution in [2.45, 2.75) is 122 Å². The molecule has 0 saturated heterocycles. The fraction of sp³-hybridized carbons (Fsp3) is 0.560. The molecule has 10 amide bonds. The zero-order valence-electron chi connectivity index (χ0n) is 41.9. The molecule has 6 atom stereocenters. The third-order valence-electron chi connectivity index (χ3n) is 12.2. The first-order valence-corrected chi connectivity index (χ1v) is 24.7. The predicted molar refractivity (Wildman–Crippen MR) is 269 cm³/mol. The summed E-state index contributed by atoms with van der Waals surface area (Å²) >= 11 is 0. The first-order valence-electron chi connectivity index (χ1n) is 24.7. The molecule has 3 unspecified atom stereocenters. The lowest BCUT2D eigenvalue weighted by molar-refractivity contribution is -0.134. The van der Waals surface area contributed by atoms with Crippen LogP contribution >= 0.6 is 0 Å². The average molecular weight is 1010 g/mol. The molecule has 22 nitrogen and oxygen atoms in total. The molecule has 0 bridgehead atoms. The summed E-state index contributed by atoms with van der Waals surface area (Å²) in [6.07, 6.45) is 6.60. The molecule has 0 spiro atoms. The van der Waals surface area contributed by atoms with Crippen LogP contribution in [0, 0.1) is 17.8 Å². The first kappa shape index (κ1) is 59.4. The van der Waals surface area contributed by atoms with E-state index in [0.29, 0.717) is 24.3 Å². The second-order valence-corrected chi connectivity index (χ2v) is 18.7. The summed E-state index contributed by atoms with van der Waals surface area (Å²) < 4.78 is 0. The Morgan fingerprint density at radius 1 is 0.569 bits per heavy atom. The van der Waals surface area contributed by atoms with Gasteiger partial charge in [0.05, 0.1) is 38.8 Å². The number of carbonyl (C=O) groups is 10. The second kappa shape index (κ2) is 31.4. The van der Waals surface area contributed by atoms with E-state index in [1.54, 1.807) is 6.92 Å². The molecule has 15 N–H and O–H groups in total. The Balaban J connectivity index is 1.50. The highest BCUT2D eigenvalue weighted by molar-refractivity contribution is 5.96. The molecule has 0 radical (unpaired) electrons. The topological polar surface area (TPSA) is 357 Å². The highest BCUT2D eigenvalue weighted by atomic mass is 16.2. The van der Waals surface area contributed by atoms with Gasteiger partial charge in [0.25, 0.3) is 0 Å².